The molecule has 0 radical (unpaired) electrons. The third-order valence-corrected chi connectivity index (χ3v) is 6.87. The summed E-state index contributed by atoms with van der Waals surface area (Å²) in [7, 11) is 4.03. The normalized spacial score (nSPS) is 18.2. The fourth-order valence-corrected chi connectivity index (χ4v) is 4.97. The summed E-state index contributed by atoms with van der Waals surface area (Å²) < 4.78 is 12.1. The number of carbonyl (C=O) groups is 1. The number of ether oxygens (including phenoxy) is 2. The Hall–Kier alpha value is -1.93. The molecule has 0 unspecified atom stereocenters. The number of amides is 1. The van der Waals surface area contributed by atoms with Crippen molar-refractivity contribution in [2.45, 2.75) is 70.5 Å². The molecule has 0 bridgehead atoms. The molecule has 2 aromatic rings. The number of aromatic nitrogens is 2. The van der Waals surface area contributed by atoms with E-state index in [9.17, 15) is 4.79 Å². The van der Waals surface area contributed by atoms with E-state index in [1.54, 1.807) is 0 Å². The highest BCUT2D eigenvalue weighted by molar-refractivity contribution is 5.93. The first-order valence-electron chi connectivity index (χ1n) is 13.2. The number of hydrogen-bond acceptors (Lipinski definition) is 6. The van der Waals surface area contributed by atoms with Crippen LogP contribution in [0.2, 0.25) is 0 Å². The molecule has 4 rings (SSSR count). The van der Waals surface area contributed by atoms with Crippen LogP contribution in [-0.2, 0) is 11.2 Å². The van der Waals surface area contributed by atoms with Gasteiger partial charge in [-0.3, -0.25) is 4.79 Å². The fourth-order valence-electron chi connectivity index (χ4n) is 4.97. The van der Waals surface area contributed by atoms with Crippen molar-refractivity contribution in [3.63, 3.8) is 0 Å². The molecule has 1 aromatic carbocycles. The van der Waals surface area contributed by atoms with Crippen molar-refractivity contribution in [1.29, 1.82) is 0 Å². The highest BCUT2D eigenvalue weighted by Crippen LogP contribution is 2.29. The number of carbonyl (C=O) groups excluding carboxylic acids is 1. The van der Waals surface area contributed by atoms with Gasteiger partial charge < -0.3 is 19.3 Å². The number of unbranched alkanes of at least 4 members (excludes halogenated alkanes) is 1. The van der Waals surface area contributed by atoms with Crippen molar-refractivity contribution >= 4 is 30.7 Å². The SMILES string of the molecule is CCCCc1nnc(C(=O)N2CCO[C@H](CN(C)C)C2)cc1-c1ccc(OC2CCCCC2)cc1.Cl.Cl. The zero-order chi connectivity index (χ0) is 24.6. The van der Waals surface area contributed by atoms with Crippen LogP contribution in [-0.4, -0.2) is 78.4 Å². The zero-order valence-corrected chi connectivity index (χ0v) is 24.0. The van der Waals surface area contributed by atoms with Crippen LogP contribution in [0.1, 0.15) is 68.1 Å². The smallest absolute Gasteiger partial charge is 0.274 e. The number of nitrogens with zero attached hydrogens (tertiary/aromatic N) is 4. The summed E-state index contributed by atoms with van der Waals surface area (Å²) in [5, 5.41) is 8.88. The van der Waals surface area contributed by atoms with Gasteiger partial charge in [-0.25, -0.2) is 0 Å². The largest absolute Gasteiger partial charge is 0.490 e. The van der Waals surface area contributed by atoms with E-state index in [2.05, 4.69) is 34.2 Å². The van der Waals surface area contributed by atoms with Crippen molar-refractivity contribution in [2.24, 2.45) is 0 Å². The monoisotopic (exact) mass is 552 g/mol. The lowest BCUT2D eigenvalue weighted by Crippen LogP contribution is -2.49. The molecule has 9 heteroatoms. The van der Waals surface area contributed by atoms with Crippen molar-refractivity contribution in [3.8, 4) is 16.9 Å². The Labute approximate surface area is 234 Å². The van der Waals surface area contributed by atoms with Gasteiger partial charge in [-0.15, -0.1) is 29.9 Å². The molecular weight excluding hydrogens is 511 g/mol. The molecule has 206 valence electrons. The van der Waals surface area contributed by atoms with Crippen LogP contribution < -0.4 is 4.74 Å². The Bertz CT molecular complexity index is 968. The maximum atomic E-state index is 13.3. The number of benzene rings is 1. The van der Waals surface area contributed by atoms with Crippen molar-refractivity contribution in [3.05, 3.63) is 41.7 Å². The summed E-state index contributed by atoms with van der Waals surface area (Å²) in [4.78, 5) is 17.3. The number of morpholine rings is 1. The Morgan fingerprint density at radius 3 is 2.51 bits per heavy atom. The molecule has 2 heterocycles. The predicted octanol–water partition coefficient (Wildman–Crippen LogP) is 5.44. The number of aryl methyl sites for hydroxylation is 1. The second-order valence-corrected chi connectivity index (χ2v) is 10.1. The van der Waals surface area contributed by atoms with E-state index in [1.165, 1.54) is 19.3 Å². The van der Waals surface area contributed by atoms with Crippen molar-refractivity contribution in [2.75, 3.05) is 40.3 Å². The van der Waals surface area contributed by atoms with E-state index >= 15 is 0 Å². The first-order valence-corrected chi connectivity index (χ1v) is 13.2. The minimum absolute atomic E-state index is 0. The molecule has 1 amide bonds. The number of hydrogen-bond donors (Lipinski definition) is 0. The molecule has 1 atom stereocenters. The second-order valence-electron chi connectivity index (χ2n) is 10.1. The third kappa shape index (κ3) is 8.81. The van der Waals surface area contributed by atoms with Crippen molar-refractivity contribution in [1.82, 2.24) is 20.0 Å². The van der Waals surface area contributed by atoms with Gasteiger partial charge in [0.05, 0.1) is 24.5 Å². The third-order valence-electron chi connectivity index (χ3n) is 6.87. The van der Waals surface area contributed by atoms with Crippen LogP contribution in [0.3, 0.4) is 0 Å². The quantitative estimate of drug-likeness (QED) is 0.412. The first-order chi connectivity index (χ1) is 17.0. The Morgan fingerprint density at radius 2 is 1.84 bits per heavy atom. The highest BCUT2D eigenvalue weighted by Gasteiger charge is 2.27. The molecule has 2 fully saturated rings. The van der Waals surface area contributed by atoms with Gasteiger partial charge >= 0.3 is 0 Å². The standard InChI is InChI=1S/C28H40N4O3.2ClH/c1-4-5-11-26-25(21-12-14-23(15-13-21)35-22-9-7-6-8-10-22)18-27(30-29-26)28(33)32-16-17-34-24(20-32)19-31(2)3;;/h12-15,18,22,24H,4-11,16-17,19-20H2,1-3H3;2*1H/t24-;;/m1../s1. The maximum Gasteiger partial charge on any atom is 0.274 e. The van der Waals surface area contributed by atoms with Crippen LogP contribution >= 0.6 is 24.8 Å². The highest BCUT2D eigenvalue weighted by atomic mass is 35.5. The van der Waals surface area contributed by atoms with E-state index in [-0.39, 0.29) is 36.8 Å². The average Bonchev–Trinajstić information content (AvgIpc) is 2.88. The van der Waals surface area contributed by atoms with Gasteiger partial charge in [0.1, 0.15) is 5.75 Å². The Balaban J connectivity index is 0.00000241. The maximum absolute atomic E-state index is 13.3. The van der Waals surface area contributed by atoms with Crippen LogP contribution in [0.15, 0.2) is 30.3 Å². The van der Waals surface area contributed by atoms with Crippen LogP contribution in [0.4, 0.5) is 0 Å². The van der Waals surface area contributed by atoms with Gasteiger partial charge in [0.2, 0.25) is 0 Å². The van der Waals surface area contributed by atoms with Crippen LogP contribution in [0, 0.1) is 0 Å². The molecule has 2 aliphatic rings. The molecule has 1 aliphatic carbocycles. The molecular formula is C28H42Cl2N4O3. The van der Waals surface area contributed by atoms with Crippen LogP contribution in [0.25, 0.3) is 11.1 Å². The average molecular weight is 554 g/mol. The van der Waals surface area contributed by atoms with Gasteiger partial charge in [-0.1, -0.05) is 31.9 Å². The van der Waals surface area contributed by atoms with Gasteiger partial charge in [-0.2, -0.15) is 5.10 Å². The van der Waals surface area contributed by atoms with Crippen molar-refractivity contribution < 1.29 is 14.3 Å². The summed E-state index contributed by atoms with van der Waals surface area (Å²) in [5.41, 5.74) is 3.37. The van der Waals surface area contributed by atoms with Gasteiger partial charge in [0, 0.05) is 25.2 Å². The predicted molar refractivity (Wildman–Crippen MR) is 152 cm³/mol. The fraction of sp³-hybridized carbons (Fsp3) is 0.607. The van der Waals surface area contributed by atoms with Gasteiger partial charge in [0.15, 0.2) is 5.69 Å². The number of halogens is 2. The second kappa shape index (κ2) is 15.5. The Kier molecular flexibility index (Phi) is 13.1. The topological polar surface area (TPSA) is 67.8 Å². The minimum atomic E-state index is -0.0786. The summed E-state index contributed by atoms with van der Waals surface area (Å²) >= 11 is 0. The molecule has 0 N–H and O–H groups in total. The van der Waals surface area contributed by atoms with E-state index in [0.717, 1.165) is 61.2 Å². The lowest BCUT2D eigenvalue weighted by atomic mass is 9.97. The summed E-state index contributed by atoms with van der Waals surface area (Å²) in [6.45, 7) is 4.64. The first kappa shape index (κ1) is 31.3. The lowest BCUT2D eigenvalue weighted by molar-refractivity contribution is -0.0308. The van der Waals surface area contributed by atoms with E-state index < -0.39 is 0 Å². The zero-order valence-electron chi connectivity index (χ0n) is 22.4. The molecule has 1 saturated heterocycles. The molecule has 1 aliphatic heterocycles. The molecule has 0 spiro atoms. The van der Waals surface area contributed by atoms with Gasteiger partial charge in [0.25, 0.3) is 5.91 Å². The summed E-state index contributed by atoms with van der Waals surface area (Å²) in [6.07, 6.45) is 9.39. The molecule has 1 aromatic heterocycles. The molecule has 7 nitrogen and oxygen atoms in total. The molecule has 1 saturated carbocycles. The lowest BCUT2D eigenvalue weighted by Gasteiger charge is -2.34. The molecule has 37 heavy (non-hydrogen) atoms. The van der Waals surface area contributed by atoms with Crippen LogP contribution in [0.5, 0.6) is 5.75 Å². The summed E-state index contributed by atoms with van der Waals surface area (Å²) in [6, 6.07) is 10.2. The minimum Gasteiger partial charge on any atom is -0.490 e. The summed E-state index contributed by atoms with van der Waals surface area (Å²) in [5.74, 6) is 0.833. The van der Waals surface area contributed by atoms with E-state index in [0.29, 0.717) is 31.5 Å². The van der Waals surface area contributed by atoms with E-state index in [1.807, 2.05) is 37.2 Å². The number of rotatable bonds is 9. The number of likely N-dealkylation sites (N-methyl/N-ethyl adjacent to an activating group) is 1. The van der Waals surface area contributed by atoms with E-state index in [4.69, 9.17) is 9.47 Å². The Morgan fingerprint density at radius 1 is 1.11 bits per heavy atom. The van der Waals surface area contributed by atoms with Gasteiger partial charge in [-0.05, 0) is 76.4 Å².